The van der Waals surface area contributed by atoms with E-state index < -0.39 is 40.6 Å². The first-order valence-electron chi connectivity index (χ1n) is 9.78. The van der Waals surface area contributed by atoms with E-state index >= 15 is 0 Å². The average molecular weight is 514 g/mol. The van der Waals surface area contributed by atoms with Crippen molar-refractivity contribution in [2.24, 2.45) is 5.92 Å². The first-order valence-corrected chi connectivity index (χ1v) is 11.6. The molecular weight excluding hydrogens is 494 g/mol. The number of halogens is 6. The zero-order chi connectivity index (χ0) is 25.1. The predicted octanol–water partition coefficient (Wildman–Crippen LogP) is 3.27. The lowest BCUT2D eigenvalue weighted by Crippen LogP contribution is -2.28. The Bertz CT molecular complexity index is 1110. The van der Waals surface area contributed by atoms with Crippen molar-refractivity contribution in [2.45, 2.75) is 18.8 Å². The fraction of sp³-hybridized carbons (Fsp3) is 0.500. The third-order valence-corrected chi connectivity index (χ3v) is 5.96. The Balaban J connectivity index is 1.77. The van der Waals surface area contributed by atoms with Crippen molar-refractivity contribution in [3.05, 3.63) is 29.8 Å². The lowest BCUT2D eigenvalue weighted by Gasteiger charge is -2.15. The largest absolute Gasteiger partial charge is 0.454 e. The Hall–Kier alpha value is -2.88. The summed E-state index contributed by atoms with van der Waals surface area (Å²) in [5, 5.41) is 5.29. The van der Waals surface area contributed by atoms with Crippen molar-refractivity contribution >= 4 is 27.6 Å². The summed E-state index contributed by atoms with van der Waals surface area (Å²) in [6.45, 7) is -0.933. The molecule has 1 aliphatic heterocycles. The number of benzene rings is 1. The highest BCUT2D eigenvalue weighted by molar-refractivity contribution is 7.88. The van der Waals surface area contributed by atoms with Crippen molar-refractivity contribution in [1.82, 2.24) is 19.3 Å². The van der Waals surface area contributed by atoms with Crippen LogP contribution in [0.15, 0.2) is 24.3 Å². The van der Waals surface area contributed by atoms with Gasteiger partial charge < -0.3 is 15.4 Å². The van der Waals surface area contributed by atoms with Crippen molar-refractivity contribution < 1.29 is 39.5 Å². The molecule has 1 aromatic carbocycles. The lowest BCUT2D eigenvalue weighted by molar-refractivity contribution is -0.154. The third kappa shape index (κ3) is 7.58. The molecule has 16 heteroatoms. The van der Waals surface area contributed by atoms with Crippen LogP contribution in [0.3, 0.4) is 0 Å². The second kappa shape index (κ2) is 9.77. The van der Waals surface area contributed by atoms with Gasteiger partial charge in [0.05, 0.1) is 11.8 Å². The van der Waals surface area contributed by atoms with Gasteiger partial charge in [-0.1, -0.05) is 6.07 Å². The number of hydrogen-bond acceptors (Lipinski definition) is 8. The Morgan fingerprint density at radius 1 is 1.12 bits per heavy atom. The van der Waals surface area contributed by atoms with E-state index in [0.717, 1.165) is 24.5 Å². The van der Waals surface area contributed by atoms with Crippen LogP contribution < -0.4 is 15.4 Å². The zero-order valence-electron chi connectivity index (χ0n) is 17.6. The van der Waals surface area contributed by atoms with Gasteiger partial charge in [-0.2, -0.15) is 41.3 Å². The van der Waals surface area contributed by atoms with Crippen LogP contribution in [0.1, 0.15) is 12.0 Å². The van der Waals surface area contributed by atoms with Crippen molar-refractivity contribution in [3.63, 3.8) is 0 Å². The van der Waals surface area contributed by atoms with Crippen LogP contribution in [0.5, 0.6) is 6.01 Å². The molecule has 1 unspecified atom stereocenters. The topological polar surface area (TPSA) is 109 Å². The lowest BCUT2D eigenvalue weighted by atomic mass is 10.1. The number of anilines is 3. The molecule has 0 spiro atoms. The summed E-state index contributed by atoms with van der Waals surface area (Å²) >= 11 is 0. The Labute approximate surface area is 190 Å². The fourth-order valence-corrected chi connectivity index (χ4v) is 4.02. The number of nitrogens with one attached hydrogen (secondary N) is 2. The van der Waals surface area contributed by atoms with E-state index in [1.165, 1.54) is 10.4 Å². The summed E-state index contributed by atoms with van der Waals surface area (Å²) in [6.07, 6.45) is -7.65. The van der Waals surface area contributed by atoms with Gasteiger partial charge in [0.25, 0.3) is 0 Å². The molecule has 0 radical (unpaired) electrons. The molecule has 188 valence electrons. The molecule has 1 fully saturated rings. The number of rotatable bonds is 8. The number of nitrogens with zero attached hydrogens (tertiary/aromatic N) is 4. The summed E-state index contributed by atoms with van der Waals surface area (Å²) < 4.78 is 106. The zero-order valence-corrected chi connectivity index (χ0v) is 18.4. The quantitative estimate of drug-likeness (QED) is 0.517. The maximum absolute atomic E-state index is 12.9. The fourth-order valence-electron chi connectivity index (χ4n) is 3.11. The number of ether oxygens (including phenoxy) is 1. The van der Waals surface area contributed by atoms with Crippen LogP contribution in [0.4, 0.5) is 43.9 Å². The van der Waals surface area contributed by atoms with Gasteiger partial charge in [-0.3, -0.25) is 0 Å². The minimum absolute atomic E-state index is 0.0617. The van der Waals surface area contributed by atoms with Gasteiger partial charge >= 0.3 is 18.4 Å². The third-order valence-electron chi connectivity index (χ3n) is 4.69. The SMILES string of the molecule is CS(=O)(=O)N1CCC(CNc2nc(Nc3cccc(C(F)(F)F)c3)nc(OCC(F)(F)F)n2)C1. The summed E-state index contributed by atoms with van der Waals surface area (Å²) in [5.41, 5.74) is -1.01. The van der Waals surface area contributed by atoms with E-state index in [1.807, 2.05) is 0 Å². The molecule has 3 rings (SSSR count). The number of alkyl halides is 6. The van der Waals surface area contributed by atoms with E-state index in [0.29, 0.717) is 13.0 Å². The second-order valence-electron chi connectivity index (χ2n) is 7.53. The van der Waals surface area contributed by atoms with Crippen molar-refractivity contribution in [1.29, 1.82) is 0 Å². The van der Waals surface area contributed by atoms with Crippen LogP contribution >= 0.6 is 0 Å². The Morgan fingerprint density at radius 3 is 2.44 bits per heavy atom. The number of sulfonamides is 1. The molecular formula is C18H20F6N6O3S. The molecule has 0 saturated carbocycles. The first kappa shape index (κ1) is 25.7. The molecule has 2 heterocycles. The van der Waals surface area contributed by atoms with Crippen molar-refractivity contribution in [3.8, 4) is 6.01 Å². The molecule has 1 aliphatic rings. The van der Waals surface area contributed by atoms with Gasteiger partial charge in [-0.05, 0) is 30.5 Å². The normalized spacial score (nSPS) is 17.6. The highest BCUT2D eigenvalue weighted by Crippen LogP contribution is 2.31. The maximum atomic E-state index is 12.9. The Kier molecular flexibility index (Phi) is 7.40. The van der Waals surface area contributed by atoms with Crippen LogP contribution in [0.25, 0.3) is 0 Å². The summed E-state index contributed by atoms with van der Waals surface area (Å²) in [5.74, 6) is -0.663. The summed E-state index contributed by atoms with van der Waals surface area (Å²) in [7, 11) is -3.35. The second-order valence-corrected chi connectivity index (χ2v) is 9.51. The molecule has 0 amide bonds. The molecule has 0 aliphatic carbocycles. The first-order chi connectivity index (χ1) is 15.7. The summed E-state index contributed by atoms with van der Waals surface area (Å²) in [4.78, 5) is 11.4. The monoisotopic (exact) mass is 514 g/mol. The number of aromatic nitrogens is 3. The molecule has 9 nitrogen and oxygen atoms in total. The molecule has 1 atom stereocenters. The van der Waals surface area contributed by atoms with Gasteiger partial charge in [0.15, 0.2) is 6.61 Å². The number of hydrogen-bond donors (Lipinski definition) is 2. The summed E-state index contributed by atoms with van der Waals surface area (Å²) in [6, 6.07) is 3.37. The van der Waals surface area contributed by atoms with Gasteiger partial charge in [0.2, 0.25) is 21.9 Å². The minimum Gasteiger partial charge on any atom is -0.454 e. The van der Waals surface area contributed by atoms with Crippen molar-refractivity contribution in [2.75, 3.05) is 43.1 Å². The van der Waals surface area contributed by atoms with E-state index in [-0.39, 0.29) is 36.6 Å². The smallest absolute Gasteiger partial charge is 0.422 e. The molecule has 0 bridgehead atoms. The van der Waals surface area contributed by atoms with Gasteiger partial charge in [-0.25, -0.2) is 12.7 Å². The highest BCUT2D eigenvalue weighted by atomic mass is 32.2. The van der Waals surface area contributed by atoms with E-state index in [9.17, 15) is 34.8 Å². The molecule has 1 saturated heterocycles. The van der Waals surface area contributed by atoms with Gasteiger partial charge in [0, 0.05) is 25.3 Å². The van der Waals surface area contributed by atoms with E-state index in [4.69, 9.17) is 0 Å². The van der Waals surface area contributed by atoms with Gasteiger partial charge in [-0.15, -0.1) is 0 Å². The van der Waals surface area contributed by atoms with E-state index in [2.05, 4.69) is 30.3 Å². The maximum Gasteiger partial charge on any atom is 0.422 e. The minimum atomic E-state index is -4.67. The van der Waals surface area contributed by atoms with Crippen LogP contribution in [-0.2, 0) is 16.2 Å². The van der Waals surface area contributed by atoms with Crippen LogP contribution in [0.2, 0.25) is 0 Å². The molecule has 2 aromatic rings. The standard InChI is InChI=1S/C18H20F6N6O3S/c1-34(31,32)30-6-5-11(9-30)8-25-14-27-15(29-16(28-14)33-10-17(19,20)21)26-13-4-2-3-12(7-13)18(22,23)24/h2-4,7,11H,5-6,8-10H2,1H3,(H2,25,26,27,28,29). The van der Waals surface area contributed by atoms with Crippen LogP contribution in [-0.4, -0.2) is 66.3 Å². The average Bonchev–Trinajstić information content (AvgIpc) is 3.19. The van der Waals surface area contributed by atoms with E-state index in [1.54, 1.807) is 0 Å². The Morgan fingerprint density at radius 2 is 1.82 bits per heavy atom. The molecule has 1 aromatic heterocycles. The van der Waals surface area contributed by atoms with Gasteiger partial charge in [0.1, 0.15) is 0 Å². The molecule has 2 N–H and O–H groups in total. The predicted molar refractivity (Wildman–Crippen MR) is 109 cm³/mol. The molecule has 34 heavy (non-hydrogen) atoms. The highest BCUT2D eigenvalue weighted by Gasteiger charge is 2.31. The van der Waals surface area contributed by atoms with Crippen LogP contribution in [0, 0.1) is 5.92 Å².